The van der Waals surface area contributed by atoms with E-state index < -0.39 is 0 Å². The number of piperidine rings is 1. The van der Waals surface area contributed by atoms with Crippen molar-refractivity contribution in [3.63, 3.8) is 0 Å². The van der Waals surface area contributed by atoms with Crippen LogP contribution < -0.4 is 0 Å². The number of hydrogen-bond donors (Lipinski definition) is 1. The van der Waals surface area contributed by atoms with Crippen molar-refractivity contribution in [2.45, 2.75) is 19.6 Å². The molecule has 0 bridgehead atoms. The summed E-state index contributed by atoms with van der Waals surface area (Å²) < 4.78 is 0. The highest BCUT2D eigenvalue weighted by Gasteiger charge is 2.57. The van der Waals surface area contributed by atoms with Gasteiger partial charge in [-0.15, -0.1) is 0 Å². The van der Waals surface area contributed by atoms with E-state index in [9.17, 15) is 5.11 Å². The van der Waals surface area contributed by atoms with Crippen molar-refractivity contribution < 1.29 is 5.11 Å². The Kier molecular flexibility index (Phi) is 2.49. The Balaban J connectivity index is 1.55. The van der Waals surface area contributed by atoms with Gasteiger partial charge in [0.15, 0.2) is 0 Å². The van der Waals surface area contributed by atoms with E-state index in [-0.39, 0.29) is 6.10 Å². The van der Waals surface area contributed by atoms with E-state index in [2.05, 4.69) is 35.2 Å². The zero-order valence-electron chi connectivity index (χ0n) is 9.71. The zero-order valence-corrected chi connectivity index (χ0v) is 9.71. The Bertz CT molecular complexity index is 350. The minimum Gasteiger partial charge on any atom is -0.393 e. The van der Waals surface area contributed by atoms with Gasteiger partial charge in [-0.3, -0.25) is 4.90 Å². The zero-order chi connectivity index (χ0) is 11.1. The Hall–Kier alpha value is -0.860. The second-order valence-corrected chi connectivity index (χ2v) is 5.33. The van der Waals surface area contributed by atoms with Crippen molar-refractivity contribution >= 4 is 0 Å². The minimum atomic E-state index is -0.103. The first-order valence-corrected chi connectivity index (χ1v) is 6.20. The molecule has 1 saturated heterocycles. The van der Waals surface area contributed by atoms with Gasteiger partial charge < -0.3 is 5.11 Å². The summed E-state index contributed by atoms with van der Waals surface area (Å²) in [6, 6.07) is 10.6. The lowest BCUT2D eigenvalue weighted by molar-refractivity contribution is 0.139. The molecule has 0 amide bonds. The molecule has 4 atom stereocenters. The van der Waals surface area contributed by atoms with Crippen LogP contribution in [0.1, 0.15) is 12.5 Å². The van der Waals surface area contributed by atoms with Gasteiger partial charge in [0.25, 0.3) is 0 Å². The predicted octanol–water partition coefficient (Wildman–Crippen LogP) is 1.75. The van der Waals surface area contributed by atoms with Gasteiger partial charge >= 0.3 is 0 Å². The first-order chi connectivity index (χ1) is 7.75. The molecule has 86 valence electrons. The Morgan fingerprint density at radius 2 is 1.88 bits per heavy atom. The van der Waals surface area contributed by atoms with E-state index in [1.807, 2.05) is 6.92 Å². The molecule has 1 heterocycles. The maximum atomic E-state index is 9.56. The average molecular weight is 217 g/mol. The average Bonchev–Trinajstić information content (AvgIpc) is 2.79. The Morgan fingerprint density at radius 3 is 2.44 bits per heavy atom. The van der Waals surface area contributed by atoms with Gasteiger partial charge in [0.05, 0.1) is 6.10 Å². The molecule has 1 saturated carbocycles. The van der Waals surface area contributed by atoms with Crippen LogP contribution in [0.3, 0.4) is 0 Å². The molecule has 2 heteroatoms. The third-order valence-corrected chi connectivity index (χ3v) is 4.14. The SMILES string of the molecule is C[C@@H](O)[C@@H]1[C@@H]2CN(Cc3ccccc3)C[C@@H]21. The summed E-state index contributed by atoms with van der Waals surface area (Å²) >= 11 is 0. The van der Waals surface area contributed by atoms with Gasteiger partial charge in [0, 0.05) is 19.6 Å². The van der Waals surface area contributed by atoms with Crippen molar-refractivity contribution in [1.82, 2.24) is 4.90 Å². The molecular formula is C14H19NO. The first-order valence-electron chi connectivity index (χ1n) is 6.20. The summed E-state index contributed by atoms with van der Waals surface area (Å²) in [5.41, 5.74) is 1.40. The number of benzene rings is 1. The van der Waals surface area contributed by atoms with E-state index in [1.165, 1.54) is 18.7 Å². The fourth-order valence-electron chi connectivity index (χ4n) is 3.35. The van der Waals surface area contributed by atoms with Crippen molar-refractivity contribution in [2.24, 2.45) is 17.8 Å². The molecule has 2 fully saturated rings. The Morgan fingerprint density at radius 1 is 1.25 bits per heavy atom. The fourth-order valence-corrected chi connectivity index (χ4v) is 3.35. The number of aliphatic hydroxyl groups is 1. The van der Waals surface area contributed by atoms with E-state index in [0.717, 1.165) is 18.4 Å². The molecule has 3 rings (SSSR count). The maximum Gasteiger partial charge on any atom is 0.0546 e. The van der Waals surface area contributed by atoms with E-state index in [1.54, 1.807) is 0 Å². The van der Waals surface area contributed by atoms with Crippen LogP contribution in [0.5, 0.6) is 0 Å². The van der Waals surface area contributed by atoms with Crippen molar-refractivity contribution in [3.8, 4) is 0 Å². The summed E-state index contributed by atoms with van der Waals surface area (Å²) in [5.74, 6) is 2.12. The summed E-state index contributed by atoms with van der Waals surface area (Å²) in [6.07, 6.45) is -0.103. The molecule has 0 spiro atoms. The standard InChI is InChI=1S/C14H19NO/c1-10(16)14-12-8-15(9-13(12)14)7-11-5-3-2-4-6-11/h2-6,10,12-14,16H,7-9H2,1H3/t10-,12-,13+,14-/m1/s1. The molecular weight excluding hydrogens is 198 g/mol. The van der Waals surface area contributed by atoms with Crippen LogP contribution in [-0.2, 0) is 6.54 Å². The lowest BCUT2D eigenvalue weighted by Gasteiger charge is -2.20. The molecule has 1 aromatic carbocycles. The quantitative estimate of drug-likeness (QED) is 0.833. The monoisotopic (exact) mass is 217 g/mol. The molecule has 1 aromatic rings. The third-order valence-electron chi connectivity index (χ3n) is 4.14. The van der Waals surface area contributed by atoms with Crippen molar-refractivity contribution in [2.75, 3.05) is 13.1 Å². The van der Waals surface area contributed by atoms with Gasteiger partial charge in [-0.25, -0.2) is 0 Å². The van der Waals surface area contributed by atoms with Gasteiger partial charge in [0.2, 0.25) is 0 Å². The maximum absolute atomic E-state index is 9.56. The number of hydrogen-bond acceptors (Lipinski definition) is 2. The van der Waals surface area contributed by atoms with Crippen molar-refractivity contribution in [3.05, 3.63) is 35.9 Å². The fraction of sp³-hybridized carbons (Fsp3) is 0.571. The molecule has 0 aromatic heterocycles. The number of nitrogens with zero attached hydrogens (tertiary/aromatic N) is 1. The van der Waals surface area contributed by atoms with E-state index in [4.69, 9.17) is 0 Å². The van der Waals surface area contributed by atoms with Gasteiger partial charge in [-0.05, 0) is 30.2 Å². The van der Waals surface area contributed by atoms with Crippen LogP contribution in [0.2, 0.25) is 0 Å². The summed E-state index contributed by atoms with van der Waals surface area (Å²) in [6.45, 7) is 5.36. The largest absolute Gasteiger partial charge is 0.393 e. The topological polar surface area (TPSA) is 23.5 Å². The number of rotatable bonds is 3. The van der Waals surface area contributed by atoms with Crippen LogP contribution in [0, 0.1) is 17.8 Å². The predicted molar refractivity (Wildman–Crippen MR) is 63.9 cm³/mol. The van der Waals surface area contributed by atoms with Crippen LogP contribution in [0.25, 0.3) is 0 Å². The van der Waals surface area contributed by atoms with Crippen LogP contribution in [-0.4, -0.2) is 29.2 Å². The molecule has 1 aliphatic carbocycles. The summed E-state index contributed by atoms with van der Waals surface area (Å²) in [5, 5.41) is 9.56. The highest BCUT2D eigenvalue weighted by atomic mass is 16.3. The van der Waals surface area contributed by atoms with E-state index in [0.29, 0.717) is 5.92 Å². The first kappa shape index (κ1) is 10.3. The highest BCUT2D eigenvalue weighted by Crippen LogP contribution is 2.53. The van der Waals surface area contributed by atoms with Gasteiger partial charge in [-0.2, -0.15) is 0 Å². The van der Waals surface area contributed by atoms with Crippen molar-refractivity contribution in [1.29, 1.82) is 0 Å². The molecule has 0 radical (unpaired) electrons. The normalized spacial score (nSPS) is 34.8. The van der Waals surface area contributed by atoms with Crippen LogP contribution >= 0.6 is 0 Å². The van der Waals surface area contributed by atoms with Gasteiger partial charge in [0.1, 0.15) is 0 Å². The lowest BCUT2D eigenvalue weighted by Crippen LogP contribution is -2.26. The summed E-state index contributed by atoms with van der Waals surface area (Å²) in [7, 11) is 0. The van der Waals surface area contributed by atoms with Crippen LogP contribution in [0.15, 0.2) is 30.3 Å². The lowest BCUT2D eigenvalue weighted by atomic mass is 10.1. The highest BCUT2D eigenvalue weighted by molar-refractivity contribution is 5.16. The second kappa shape index (κ2) is 3.86. The van der Waals surface area contributed by atoms with Gasteiger partial charge in [-0.1, -0.05) is 30.3 Å². The minimum absolute atomic E-state index is 0.103. The summed E-state index contributed by atoms with van der Waals surface area (Å²) in [4.78, 5) is 2.52. The molecule has 1 N–H and O–H groups in total. The number of fused-ring (bicyclic) bond motifs is 1. The molecule has 2 nitrogen and oxygen atoms in total. The third kappa shape index (κ3) is 1.76. The molecule has 1 aliphatic heterocycles. The van der Waals surface area contributed by atoms with E-state index >= 15 is 0 Å². The molecule has 0 unspecified atom stereocenters. The smallest absolute Gasteiger partial charge is 0.0546 e. The molecule has 2 aliphatic rings. The second-order valence-electron chi connectivity index (χ2n) is 5.33. The number of likely N-dealkylation sites (tertiary alicyclic amines) is 1. The Labute approximate surface area is 96.9 Å². The van der Waals surface area contributed by atoms with Crippen LogP contribution in [0.4, 0.5) is 0 Å². The number of aliphatic hydroxyl groups excluding tert-OH is 1. The molecule has 16 heavy (non-hydrogen) atoms.